The average molecular weight is 477 g/mol. The second-order valence-corrected chi connectivity index (χ2v) is 15.7. The third-order valence-corrected chi connectivity index (χ3v) is 12.1. The van der Waals surface area contributed by atoms with Crippen molar-refractivity contribution in [2.75, 3.05) is 6.61 Å². The average Bonchev–Trinajstić information content (AvgIpc) is 3.42. The third-order valence-electron chi connectivity index (χ3n) is 7.14. The predicted molar refractivity (Wildman–Crippen MR) is 149 cm³/mol. The van der Waals surface area contributed by atoms with Crippen molar-refractivity contribution in [2.45, 2.75) is 90.9 Å². The van der Waals surface area contributed by atoms with Crippen molar-refractivity contribution in [3.63, 3.8) is 0 Å². The lowest BCUT2D eigenvalue weighted by atomic mass is 10.0. The Morgan fingerprint density at radius 3 is 1.85 bits per heavy atom. The molecule has 1 aliphatic rings. The highest BCUT2D eigenvalue weighted by molar-refractivity contribution is 6.99. The van der Waals surface area contributed by atoms with Crippen molar-refractivity contribution < 1.29 is 9.16 Å². The lowest BCUT2D eigenvalue weighted by molar-refractivity contribution is 0.320. The summed E-state index contributed by atoms with van der Waals surface area (Å²) in [5, 5.41) is 2.68. The summed E-state index contributed by atoms with van der Waals surface area (Å²) in [5.41, 5.74) is 2.97. The molecule has 1 fully saturated rings. The Labute approximate surface area is 209 Å². The molecule has 0 aromatic heterocycles. The summed E-state index contributed by atoms with van der Waals surface area (Å²) in [6.07, 6.45) is 9.56. The van der Waals surface area contributed by atoms with E-state index in [1.807, 2.05) is 0 Å². The zero-order valence-electron chi connectivity index (χ0n) is 22.4. The lowest BCUT2D eigenvalue weighted by Crippen LogP contribution is -2.66. The largest absolute Gasteiger partial charge is 0.404 e. The van der Waals surface area contributed by atoms with Gasteiger partial charge in [-0.05, 0) is 68.8 Å². The van der Waals surface area contributed by atoms with Crippen molar-refractivity contribution in [3.8, 4) is 0 Å². The molecule has 3 rings (SSSR count). The van der Waals surface area contributed by atoms with Gasteiger partial charge >= 0.3 is 0 Å². The van der Waals surface area contributed by atoms with Gasteiger partial charge in [-0.15, -0.1) is 0 Å². The first-order valence-electron chi connectivity index (χ1n) is 12.8. The molecule has 2 aromatic rings. The predicted octanol–water partition coefficient (Wildman–Crippen LogP) is 7.19. The van der Waals surface area contributed by atoms with E-state index in [0.717, 1.165) is 25.7 Å². The maximum absolute atomic E-state index is 6.99. The van der Waals surface area contributed by atoms with Crippen LogP contribution in [0.4, 0.5) is 0 Å². The van der Waals surface area contributed by atoms with Crippen LogP contribution in [0.15, 0.2) is 84.0 Å². The second-order valence-electron chi connectivity index (χ2n) is 11.4. The summed E-state index contributed by atoms with van der Waals surface area (Å²) in [6.45, 7) is 16.5. The molecule has 0 spiro atoms. The second kappa shape index (κ2) is 11.2. The summed E-state index contributed by atoms with van der Waals surface area (Å²) in [7, 11) is -2.46. The van der Waals surface area contributed by atoms with Crippen LogP contribution in [0.3, 0.4) is 0 Å². The summed E-state index contributed by atoms with van der Waals surface area (Å²) in [5.74, 6) is 0. The summed E-state index contributed by atoms with van der Waals surface area (Å²) in [4.78, 5) is 0. The number of allylic oxidation sites excluding steroid dienone is 3. The molecule has 2 nitrogen and oxygen atoms in total. The minimum absolute atomic E-state index is 0.0111. The molecule has 1 aliphatic heterocycles. The Hall–Kier alpha value is -1.94. The van der Waals surface area contributed by atoms with Crippen LogP contribution in [0, 0.1) is 0 Å². The molecule has 0 aliphatic carbocycles. The fraction of sp³-hybridized carbons (Fsp3) is 0.484. The maximum atomic E-state index is 6.99. The molecule has 0 N–H and O–H groups in total. The van der Waals surface area contributed by atoms with Crippen LogP contribution in [-0.2, 0) is 9.16 Å². The highest BCUT2D eigenvalue weighted by atomic mass is 28.4. The van der Waals surface area contributed by atoms with Gasteiger partial charge in [-0.3, -0.25) is 0 Å². The Balaban J connectivity index is 1.65. The van der Waals surface area contributed by atoms with Crippen LogP contribution in [0.2, 0.25) is 5.04 Å². The molecule has 0 amide bonds. The highest BCUT2D eigenvalue weighted by Crippen LogP contribution is 2.39. The molecular formula is C31H44O2Si. The summed E-state index contributed by atoms with van der Waals surface area (Å²) in [6, 6.07) is 21.8. The van der Waals surface area contributed by atoms with Gasteiger partial charge in [0.2, 0.25) is 0 Å². The summed E-state index contributed by atoms with van der Waals surface area (Å²) < 4.78 is 12.7. The zero-order chi connectivity index (χ0) is 24.8. The van der Waals surface area contributed by atoms with Gasteiger partial charge in [-0.25, -0.2) is 0 Å². The molecule has 1 atom stereocenters. The van der Waals surface area contributed by atoms with Gasteiger partial charge in [0.15, 0.2) is 0 Å². The molecule has 0 bridgehead atoms. The van der Waals surface area contributed by atoms with Gasteiger partial charge in [0.05, 0.1) is 18.3 Å². The Morgan fingerprint density at radius 2 is 1.38 bits per heavy atom. The van der Waals surface area contributed by atoms with Crippen molar-refractivity contribution >= 4 is 18.7 Å². The normalized spacial score (nSPS) is 18.7. The van der Waals surface area contributed by atoms with Crippen molar-refractivity contribution in [1.29, 1.82) is 0 Å². The van der Waals surface area contributed by atoms with Gasteiger partial charge < -0.3 is 9.16 Å². The van der Waals surface area contributed by atoms with Gasteiger partial charge in [-0.2, -0.15) is 0 Å². The van der Waals surface area contributed by atoms with Gasteiger partial charge in [0.25, 0.3) is 8.32 Å². The van der Waals surface area contributed by atoms with E-state index in [4.69, 9.17) is 9.16 Å². The molecule has 1 unspecified atom stereocenters. The van der Waals surface area contributed by atoms with E-state index in [1.165, 1.54) is 21.5 Å². The van der Waals surface area contributed by atoms with Crippen molar-refractivity contribution in [3.05, 3.63) is 84.0 Å². The fourth-order valence-electron chi connectivity index (χ4n) is 4.92. The first-order valence-corrected chi connectivity index (χ1v) is 14.7. The first-order chi connectivity index (χ1) is 16.1. The minimum atomic E-state index is -2.46. The van der Waals surface area contributed by atoms with E-state index in [9.17, 15) is 0 Å². The molecule has 1 saturated heterocycles. The van der Waals surface area contributed by atoms with E-state index >= 15 is 0 Å². The van der Waals surface area contributed by atoms with E-state index in [1.54, 1.807) is 0 Å². The molecule has 184 valence electrons. The topological polar surface area (TPSA) is 21.8 Å². The molecule has 3 heteroatoms. The molecular weight excluding hydrogens is 432 g/mol. The van der Waals surface area contributed by atoms with Crippen LogP contribution in [0.25, 0.3) is 0 Å². The Bertz CT molecular complexity index is 928. The van der Waals surface area contributed by atoms with Crippen LogP contribution in [-0.4, -0.2) is 26.6 Å². The fourth-order valence-corrected chi connectivity index (χ4v) is 9.41. The molecule has 0 radical (unpaired) electrons. The van der Waals surface area contributed by atoms with Crippen LogP contribution in [0.5, 0.6) is 0 Å². The van der Waals surface area contributed by atoms with Crippen LogP contribution in [0.1, 0.15) is 74.1 Å². The number of hydrogen-bond donors (Lipinski definition) is 0. The number of rotatable bonds is 11. The van der Waals surface area contributed by atoms with E-state index < -0.39 is 8.32 Å². The smallest absolute Gasteiger partial charge is 0.261 e. The van der Waals surface area contributed by atoms with Gasteiger partial charge in [-0.1, -0.05) is 105 Å². The third kappa shape index (κ3) is 6.59. The number of epoxide rings is 1. The van der Waals surface area contributed by atoms with Gasteiger partial charge in [0, 0.05) is 0 Å². The Kier molecular flexibility index (Phi) is 8.78. The maximum Gasteiger partial charge on any atom is 0.261 e. The Morgan fingerprint density at radius 1 is 0.882 bits per heavy atom. The van der Waals surface area contributed by atoms with E-state index in [-0.39, 0.29) is 10.6 Å². The van der Waals surface area contributed by atoms with E-state index in [0.29, 0.717) is 12.7 Å². The number of hydrogen-bond acceptors (Lipinski definition) is 2. The standard InChI is InChI=1S/C31H44O2Si/c1-25(21-22-29-31(6,7)33-29)15-14-16-26(2)23-24-32-34(30(3,4)5,27-17-10-8-11-18-27)28-19-12-9-13-20-28/h8-13,15,17-20,23,29H,14,16,21-22,24H2,1-7H3. The lowest BCUT2D eigenvalue weighted by Gasteiger charge is -2.42. The first kappa shape index (κ1) is 26.7. The van der Waals surface area contributed by atoms with Crippen molar-refractivity contribution in [2.24, 2.45) is 0 Å². The molecule has 34 heavy (non-hydrogen) atoms. The molecule has 2 aromatic carbocycles. The quantitative estimate of drug-likeness (QED) is 0.194. The zero-order valence-corrected chi connectivity index (χ0v) is 23.4. The van der Waals surface area contributed by atoms with Crippen molar-refractivity contribution in [1.82, 2.24) is 0 Å². The monoisotopic (exact) mass is 476 g/mol. The molecule has 1 heterocycles. The van der Waals surface area contributed by atoms with Crippen LogP contribution < -0.4 is 10.4 Å². The SMILES string of the molecule is CC(=CCO[Si](c1ccccc1)(c1ccccc1)C(C)(C)C)CCC=C(C)CCC1OC1(C)C. The van der Waals surface area contributed by atoms with E-state index in [2.05, 4.69) is 121 Å². The highest BCUT2D eigenvalue weighted by Gasteiger charge is 2.50. The minimum Gasteiger partial charge on any atom is -0.404 e. The summed E-state index contributed by atoms with van der Waals surface area (Å²) >= 11 is 0. The number of ether oxygens (including phenoxy) is 1. The molecule has 0 saturated carbocycles. The van der Waals surface area contributed by atoms with Crippen LogP contribution >= 0.6 is 0 Å². The van der Waals surface area contributed by atoms with Gasteiger partial charge in [0.1, 0.15) is 0 Å². The number of benzene rings is 2.